The maximum absolute atomic E-state index is 6.04. The van der Waals surface area contributed by atoms with Crippen molar-refractivity contribution in [2.24, 2.45) is 0 Å². The summed E-state index contributed by atoms with van der Waals surface area (Å²) in [5.41, 5.74) is 7.51. The molecule has 0 radical (unpaired) electrons. The molecule has 102 valence electrons. The molecule has 0 aliphatic heterocycles. The van der Waals surface area contributed by atoms with Crippen LogP contribution in [0.1, 0.15) is 5.01 Å². The quantitative estimate of drug-likeness (QED) is 0.616. The van der Waals surface area contributed by atoms with Gasteiger partial charge in [0.25, 0.3) is 0 Å². The van der Waals surface area contributed by atoms with Crippen LogP contribution in [-0.2, 0) is 0 Å². The Morgan fingerprint density at radius 3 is 2.80 bits per heavy atom. The van der Waals surface area contributed by atoms with Crippen LogP contribution in [0, 0.1) is 6.92 Å². The molecular formula is C14H10BrClN2OS. The second kappa shape index (κ2) is 5.24. The van der Waals surface area contributed by atoms with Gasteiger partial charge in [0.15, 0.2) is 5.75 Å². The molecule has 3 aromatic rings. The van der Waals surface area contributed by atoms with Crippen molar-refractivity contribution in [1.29, 1.82) is 0 Å². The van der Waals surface area contributed by atoms with Gasteiger partial charge in [-0.2, -0.15) is 0 Å². The molecule has 0 fully saturated rings. The first kappa shape index (κ1) is 13.7. The lowest BCUT2D eigenvalue weighted by atomic mass is 10.2. The van der Waals surface area contributed by atoms with Crippen LogP contribution in [-0.4, -0.2) is 4.98 Å². The summed E-state index contributed by atoms with van der Waals surface area (Å²) in [5.74, 6) is 1.25. The molecular weight excluding hydrogens is 360 g/mol. The molecule has 1 heterocycles. The fraction of sp³-hybridized carbons (Fsp3) is 0.0714. The zero-order valence-electron chi connectivity index (χ0n) is 10.5. The molecule has 0 aliphatic rings. The van der Waals surface area contributed by atoms with Gasteiger partial charge < -0.3 is 10.5 Å². The van der Waals surface area contributed by atoms with Crippen molar-refractivity contribution >= 4 is 54.8 Å². The summed E-state index contributed by atoms with van der Waals surface area (Å²) in [7, 11) is 0. The van der Waals surface area contributed by atoms with Crippen molar-refractivity contribution in [2.75, 3.05) is 5.73 Å². The van der Waals surface area contributed by atoms with E-state index in [-0.39, 0.29) is 0 Å². The maximum Gasteiger partial charge on any atom is 0.152 e. The molecule has 2 aromatic carbocycles. The lowest BCUT2D eigenvalue weighted by molar-refractivity contribution is 0.482. The van der Waals surface area contributed by atoms with E-state index < -0.39 is 0 Å². The topological polar surface area (TPSA) is 48.1 Å². The van der Waals surface area contributed by atoms with E-state index in [1.165, 1.54) is 0 Å². The SMILES string of the molecule is Cc1nc2cc(Oc3ccc(Cl)cc3Br)c(N)cc2s1. The number of ether oxygens (including phenoxy) is 1. The molecule has 0 spiro atoms. The molecule has 0 bridgehead atoms. The highest BCUT2D eigenvalue weighted by Crippen LogP contribution is 2.37. The summed E-state index contributed by atoms with van der Waals surface area (Å²) in [6.45, 7) is 1.97. The van der Waals surface area contributed by atoms with Crippen LogP contribution in [0.4, 0.5) is 5.69 Å². The molecule has 6 heteroatoms. The largest absolute Gasteiger partial charge is 0.454 e. The number of halogens is 2. The molecule has 20 heavy (non-hydrogen) atoms. The average molecular weight is 370 g/mol. The first-order chi connectivity index (χ1) is 9.52. The van der Waals surface area contributed by atoms with Crippen LogP contribution < -0.4 is 10.5 Å². The second-order valence-corrected chi connectivity index (χ2v) is 6.79. The van der Waals surface area contributed by atoms with Gasteiger partial charge >= 0.3 is 0 Å². The Kier molecular flexibility index (Phi) is 3.58. The molecule has 0 aliphatic carbocycles. The number of nitrogens with two attached hydrogens (primary N) is 1. The molecule has 3 nitrogen and oxygen atoms in total. The van der Waals surface area contributed by atoms with Crippen LogP contribution in [0.25, 0.3) is 10.2 Å². The molecule has 0 saturated carbocycles. The number of nitrogens with zero attached hydrogens (tertiary/aromatic N) is 1. The van der Waals surface area contributed by atoms with Gasteiger partial charge in [0.1, 0.15) is 5.75 Å². The Hall–Kier alpha value is -1.30. The Labute approximate surface area is 133 Å². The predicted molar refractivity (Wildman–Crippen MR) is 88.0 cm³/mol. The molecule has 0 atom stereocenters. The zero-order chi connectivity index (χ0) is 14.3. The van der Waals surface area contributed by atoms with Gasteiger partial charge in [-0.05, 0) is 47.1 Å². The second-order valence-electron chi connectivity index (χ2n) is 4.27. The van der Waals surface area contributed by atoms with Crippen molar-refractivity contribution in [2.45, 2.75) is 6.92 Å². The smallest absolute Gasteiger partial charge is 0.152 e. The minimum atomic E-state index is 0.586. The Bertz CT molecular complexity index is 803. The number of anilines is 1. The van der Waals surface area contributed by atoms with Crippen LogP contribution in [0.3, 0.4) is 0 Å². The van der Waals surface area contributed by atoms with E-state index in [2.05, 4.69) is 20.9 Å². The van der Waals surface area contributed by atoms with Crippen LogP contribution >= 0.6 is 38.9 Å². The number of aryl methyl sites for hydroxylation is 1. The maximum atomic E-state index is 6.04. The molecule has 3 rings (SSSR count). The Morgan fingerprint density at radius 1 is 1.25 bits per heavy atom. The zero-order valence-corrected chi connectivity index (χ0v) is 13.6. The number of nitrogen functional groups attached to an aromatic ring is 1. The van der Waals surface area contributed by atoms with E-state index in [9.17, 15) is 0 Å². The van der Waals surface area contributed by atoms with Gasteiger partial charge in [0.05, 0.1) is 25.4 Å². The van der Waals surface area contributed by atoms with E-state index >= 15 is 0 Å². The molecule has 1 aromatic heterocycles. The van der Waals surface area contributed by atoms with E-state index in [0.29, 0.717) is 22.2 Å². The fourth-order valence-electron chi connectivity index (χ4n) is 1.85. The van der Waals surface area contributed by atoms with Crippen molar-refractivity contribution in [3.05, 3.63) is 44.8 Å². The fourth-order valence-corrected chi connectivity index (χ4v) is 3.47. The van der Waals surface area contributed by atoms with Crippen molar-refractivity contribution in [3.8, 4) is 11.5 Å². The highest BCUT2D eigenvalue weighted by Gasteiger charge is 2.10. The lowest BCUT2D eigenvalue weighted by Gasteiger charge is -2.10. The predicted octanol–water partition coefficient (Wildman–Crippen LogP) is 5.40. The summed E-state index contributed by atoms with van der Waals surface area (Å²) in [6.07, 6.45) is 0. The monoisotopic (exact) mass is 368 g/mol. The number of aromatic nitrogens is 1. The third-order valence-electron chi connectivity index (χ3n) is 2.74. The van der Waals surface area contributed by atoms with Crippen LogP contribution in [0.2, 0.25) is 5.02 Å². The first-order valence-corrected chi connectivity index (χ1v) is 7.81. The number of hydrogen-bond donors (Lipinski definition) is 1. The average Bonchev–Trinajstić information content (AvgIpc) is 2.72. The number of benzene rings is 2. The minimum absolute atomic E-state index is 0.586. The van der Waals surface area contributed by atoms with Crippen molar-refractivity contribution in [1.82, 2.24) is 4.98 Å². The summed E-state index contributed by atoms with van der Waals surface area (Å²) in [5, 5.41) is 1.65. The van der Waals surface area contributed by atoms with E-state index in [0.717, 1.165) is 19.7 Å². The van der Waals surface area contributed by atoms with E-state index in [4.69, 9.17) is 22.1 Å². The van der Waals surface area contributed by atoms with Gasteiger partial charge in [0, 0.05) is 11.1 Å². The van der Waals surface area contributed by atoms with Crippen molar-refractivity contribution < 1.29 is 4.74 Å². The van der Waals surface area contributed by atoms with Crippen LogP contribution in [0.5, 0.6) is 11.5 Å². The molecule has 0 unspecified atom stereocenters. The minimum Gasteiger partial charge on any atom is -0.454 e. The third-order valence-corrected chi connectivity index (χ3v) is 4.53. The molecule has 0 amide bonds. The van der Waals surface area contributed by atoms with Gasteiger partial charge in [-0.1, -0.05) is 11.6 Å². The van der Waals surface area contributed by atoms with E-state index in [1.807, 2.05) is 19.1 Å². The summed E-state index contributed by atoms with van der Waals surface area (Å²) in [4.78, 5) is 4.44. The van der Waals surface area contributed by atoms with E-state index in [1.54, 1.807) is 29.5 Å². The molecule has 2 N–H and O–H groups in total. The van der Waals surface area contributed by atoms with Crippen molar-refractivity contribution in [3.63, 3.8) is 0 Å². The lowest BCUT2D eigenvalue weighted by Crippen LogP contribution is -1.92. The van der Waals surface area contributed by atoms with Gasteiger partial charge in [-0.15, -0.1) is 11.3 Å². The number of rotatable bonds is 2. The highest BCUT2D eigenvalue weighted by atomic mass is 79.9. The first-order valence-electron chi connectivity index (χ1n) is 5.82. The van der Waals surface area contributed by atoms with Gasteiger partial charge in [-0.3, -0.25) is 0 Å². The Balaban J connectivity index is 2.03. The van der Waals surface area contributed by atoms with Gasteiger partial charge in [0.2, 0.25) is 0 Å². The number of hydrogen-bond acceptors (Lipinski definition) is 4. The number of fused-ring (bicyclic) bond motifs is 1. The summed E-state index contributed by atoms with van der Waals surface area (Å²) < 4.78 is 7.68. The number of thiazole rings is 1. The Morgan fingerprint density at radius 2 is 2.05 bits per heavy atom. The summed E-state index contributed by atoms with van der Waals surface area (Å²) >= 11 is 10.9. The normalized spacial score (nSPS) is 10.9. The van der Waals surface area contributed by atoms with Crippen LogP contribution in [0.15, 0.2) is 34.8 Å². The standard InChI is InChI=1S/C14H10BrClN2OS/c1-7-18-11-6-13(10(17)5-14(11)20-7)19-12-3-2-8(16)4-9(12)15/h2-6H,17H2,1H3. The summed E-state index contributed by atoms with van der Waals surface area (Å²) in [6, 6.07) is 9.08. The third kappa shape index (κ3) is 2.61. The van der Waals surface area contributed by atoms with Gasteiger partial charge in [-0.25, -0.2) is 4.98 Å². The highest BCUT2D eigenvalue weighted by molar-refractivity contribution is 9.10. The molecule has 0 saturated heterocycles.